The van der Waals surface area contributed by atoms with Gasteiger partial charge in [-0.2, -0.15) is 0 Å². The van der Waals surface area contributed by atoms with Gasteiger partial charge in [0.15, 0.2) is 0 Å². The van der Waals surface area contributed by atoms with Crippen molar-refractivity contribution < 1.29 is 0 Å². The van der Waals surface area contributed by atoms with Gasteiger partial charge in [0.2, 0.25) is 0 Å². The van der Waals surface area contributed by atoms with Crippen molar-refractivity contribution in [3.63, 3.8) is 0 Å². The number of nitrogens with zero attached hydrogens (tertiary/aromatic N) is 1. The minimum Gasteiger partial charge on any atom is -0.392 e. The van der Waals surface area contributed by atoms with Gasteiger partial charge in [0.25, 0.3) is 0 Å². The number of hydrogen-bond donors (Lipinski definition) is 1. The lowest BCUT2D eigenvalue weighted by Gasteiger charge is -2.28. The summed E-state index contributed by atoms with van der Waals surface area (Å²) in [5.41, 5.74) is 6.94. The van der Waals surface area contributed by atoms with Gasteiger partial charge in [0, 0.05) is 12.6 Å². The zero-order valence-corrected chi connectivity index (χ0v) is 10.8. The lowest BCUT2D eigenvalue weighted by Crippen LogP contribution is -2.35. The largest absolute Gasteiger partial charge is 0.392 e. The van der Waals surface area contributed by atoms with E-state index in [1.807, 2.05) is 6.07 Å². The first-order valence-corrected chi connectivity index (χ1v) is 6.13. The minimum atomic E-state index is 0.364. The minimum absolute atomic E-state index is 0.364. The molecule has 2 N–H and O–H groups in total. The molecule has 2 nitrogen and oxygen atoms in total. The van der Waals surface area contributed by atoms with Crippen LogP contribution in [0.2, 0.25) is 0 Å². The Kier molecular flexibility index (Phi) is 5.43. The average molecular weight is 236 g/mol. The van der Waals surface area contributed by atoms with Crippen LogP contribution in [0.25, 0.3) is 0 Å². The molecule has 1 rings (SSSR count). The standard InChI is InChI=1S/C13H20N2S/c1-3-9-15(10-13(14)16)11(2)12-7-5-4-6-8-12/h4-8,11H,3,9-10H2,1-2H3,(H2,14,16). The van der Waals surface area contributed by atoms with Crippen molar-refractivity contribution in [2.45, 2.75) is 26.3 Å². The van der Waals surface area contributed by atoms with Crippen LogP contribution in [0.3, 0.4) is 0 Å². The fourth-order valence-electron chi connectivity index (χ4n) is 1.84. The molecule has 0 saturated carbocycles. The molecule has 16 heavy (non-hydrogen) atoms. The summed E-state index contributed by atoms with van der Waals surface area (Å²) in [5.74, 6) is 0. The third-order valence-electron chi connectivity index (χ3n) is 2.70. The zero-order chi connectivity index (χ0) is 12.0. The van der Waals surface area contributed by atoms with Gasteiger partial charge in [-0.05, 0) is 25.5 Å². The van der Waals surface area contributed by atoms with E-state index >= 15 is 0 Å². The van der Waals surface area contributed by atoms with Crippen LogP contribution in [0.5, 0.6) is 0 Å². The van der Waals surface area contributed by atoms with Crippen LogP contribution in [0.4, 0.5) is 0 Å². The molecule has 0 amide bonds. The fourth-order valence-corrected chi connectivity index (χ4v) is 2.01. The van der Waals surface area contributed by atoms with E-state index in [0.717, 1.165) is 13.0 Å². The summed E-state index contributed by atoms with van der Waals surface area (Å²) in [5, 5.41) is 0. The molecule has 0 bridgehead atoms. The SMILES string of the molecule is CCCN(CC(N)=S)C(C)c1ccccc1. The molecular formula is C13H20N2S. The molecule has 1 aromatic carbocycles. The molecule has 0 aromatic heterocycles. The fraction of sp³-hybridized carbons (Fsp3) is 0.462. The van der Waals surface area contributed by atoms with Crippen LogP contribution in [0.15, 0.2) is 30.3 Å². The predicted molar refractivity (Wildman–Crippen MR) is 73.5 cm³/mol. The summed E-state index contributed by atoms with van der Waals surface area (Å²) in [6, 6.07) is 10.8. The van der Waals surface area contributed by atoms with Crippen LogP contribution in [0.1, 0.15) is 31.9 Å². The molecule has 0 fully saturated rings. The molecule has 1 aromatic rings. The monoisotopic (exact) mass is 236 g/mol. The van der Waals surface area contributed by atoms with Crippen LogP contribution in [-0.4, -0.2) is 23.0 Å². The quantitative estimate of drug-likeness (QED) is 0.770. The molecule has 0 aliphatic carbocycles. The normalized spacial score (nSPS) is 12.7. The van der Waals surface area contributed by atoms with E-state index in [-0.39, 0.29) is 0 Å². The summed E-state index contributed by atoms with van der Waals surface area (Å²) in [6.45, 7) is 6.08. The maximum atomic E-state index is 5.63. The highest BCUT2D eigenvalue weighted by Crippen LogP contribution is 2.19. The molecule has 0 saturated heterocycles. The van der Waals surface area contributed by atoms with E-state index in [1.165, 1.54) is 5.56 Å². The van der Waals surface area contributed by atoms with Gasteiger partial charge >= 0.3 is 0 Å². The second-order valence-corrected chi connectivity index (χ2v) is 4.55. The lowest BCUT2D eigenvalue weighted by atomic mass is 10.1. The molecule has 0 heterocycles. The highest BCUT2D eigenvalue weighted by atomic mass is 32.1. The van der Waals surface area contributed by atoms with Crippen molar-refractivity contribution in [2.24, 2.45) is 5.73 Å². The average Bonchev–Trinajstić information content (AvgIpc) is 2.28. The Hall–Kier alpha value is -0.930. The molecule has 88 valence electrons. The molecule has 0 radical (unpaired) electrons. The Morgan fingerprint density at radius 3 is 2.50 bits per heavy atom. The van der Waals surface area contributed by atoms with Gasteiger partial charge in [-0.15, -0.1) is 0 Å². The Bertz CT molecular complexity index is 324. The first kappa shape index (κ1) is 13.1. The highest BCUT2D eigenvalue weighted by Gasteiger charge is 2.14. The van der Waals surface area contributed by atoms with Crippen molar-refractivity contribution in [3.05, 3.63) is 35.9 Å². The second kappa shape index (κ2) is 6.61. The van der Waals surface area contributed by atoms with Crippen LogP contribution < -0.4 is 5.73 Å². The van der Waals surface area contributed by atoms with E-state index in [2.05, 4.69) is 43.0 Å². The van der Waals surface area contributed by atoms with Crippen LogP contribution in [-0.2, 0) is 0 Å². The van der Waals surface area contributed by atoms with Gasteiger partial charge in [-0.25, -0.2) is 0 Å². The lowest BCUT2D eigenvalue weighted by molar-refractivity contribution is 0.242. The first-order valence-electron chi connectivity index (χ1n) is 5.72. The molecule has 0 aliphatic rings. The van der Waals surface area contributed by atoms with Crippen molar-refractivity contribution in [1.82, 2.24) is 4.90 Å². The smallest absolute Gasteiger partial charge is 0.0870 e. The Morgan fingerprint density at radius 1 is 1.38 bits per heavy atom. The third-order valence-corrected chi connectivity index (χ3v) is 2.83. The van der Waals surface area contributed by atoms with Gasteiger partial charge in [-0.1, -0.05) is 49.5 Å². The Labute approximate surface area is 103 Å². The number of nitrogens with two attached hydrogens (primary N) is 1. The van der Waals surface area contributed by atoms with Crippen LogP contribution in [0, 0.1) is 0 Å². The van der Waals surface area contributed by atoms with Crippen molar-refractivity contribution in [1.29, 1.82) is 0 Å². The first-order chi connectivity index (χ1) is 7.65. The van der Waals surface area contributed by atoms with Crippen LogP contribution >= 0.6 is 12.2 Å². The topological polar surface area (TPSA) is 29.3 Å². The van der Waals surface area contributed by atoms with E-state index in [4.69, 9.17) is 18.0 Å². The number of hydrogen-bond acceptors (Lipinski definition) is 2. The van der Waals surface area contributed by atoms with E-state index in [0.29, 0.717) is 17.6 Å². The maximum Gasteiger partial charge on any atom is 0.0870 e. The van der Waals surface area contributed by atoms with Gasteiger partial charge in [0.1, 0.15) is 0 Å². The number of rotatable bonds is 6. The summed E-state index contributed by atoms with van der Waals surface area (Å²) in [7, 11) is 0. The summed E-state index contributed by atoms with van der Waals surface area (Å²) in [6.07, 6.45) is 1.11. The summed E-state index contributed by atoms with van der Waals surface area (Å²) < 4.78 is 0. The molecule has 0 aliphatic heterocycles. The van der Waals surface area contributed by atoms with Crippen molar-refractivity contribution >= 4 is 17.2 Å². The van der Waals surface area contributed by atoms with Gasteiger partial charge in [-0.3, -0.25) is 4.90 Å². The zero-order valence-electron chi connectivity index (χ0n) is 10.0. The summed E-state index contributed by atoms with van der Waals surface area (Å²) >= 11 is 4.99. The molecule has 3 heteroatoms. The Morgan fingerprint density at radius 2 is 2.00 bits per heavy atom. The van der Waals surface area contributed by atoms with E-state index in [1.54, 1.807) is 0 Å². The summed E-state index contributed by atoms with van der Waals surface area (Å²) in [4.78, 5) is 2.88. The number of thiocarbonyl (C=S) groups is 1. The second-order valence-electron chi connectivity index (χ2n) is 4.02. The van der Waals surface area contributed by atoms with Crippen molar-refractivity contribution in [3.8, 4) is 0 Å². The van der Waals surface area contributed by atoms with Crippen molar-refractivity contribution in [2.75, 3.05) is 13.1 Å². The highest BCUT2D eigenvalue weighted by molar-refractivity contribution is 7.80. The third kappa shape index (κ3) is 3.91. The maximum absolute atomic E-state index is 5.63. The van der Waals surface area contributed by atoms with Gasteiger partial charge in [0.05, 0.1) is 4.99 Å². The Balaban J connectivity index is 2.74. The molecule has 1 unspecified atom stereocenters. The molecule has 0 spiro atoms. The number of benzene rings is 1. The molecule has 1 atom stereocenters. The van der Waals surface area contributed by atoms with E-state index < -0.39 is 0 Å². The predicted octanol–water partition coefficient (Wildman–Crippen LogP) is 2.75. The van der Waals surface area contributed by atoms with E-state index in [9.17, 15) is 0 Å². The molecular weight excluding hydrogens is 216 g/mol. The van der Waals surface area contributed by atoms with Gasteiger partial charge < -0.3 is 5.73 Å².